The van der Waals surface area contributed by atoms with Gasteiger partial charge in [-0.25, -0.2) is 8.78 Å². The van der Waals surface area contributed by atoms with Crippen molar-refractivity contribution in [3.05, 3.63) is 35.4 Å². The minimum atomic E-state index is -0.358. The number of benzene rings is 1. The molecule has 0 amide bonds. The Morgan fingerprint density at radius 1 is 1.32 bits per heavy atom. The highest BCUT2D eigenvalue weighted by atomic mass is 19.1. The minimum Gasteiger partial charge on any atom is -0.310 e. The standard InChI is InChI=1S/C16H23F2N/c1-3-19-16(12-6-4-5-11(2)9-12)14-10-13(17)7-8-15(14)18/h7-8,10-12,16,19H,3-6,9H2,1-2H3. The van der Waals surface area contributed by atoms with Crippen LogP contribution in [0.2, 0.25) is 0 Å². The molecule has 1 N–H and O–H groups in total. The van der Waals surface area contributed by atoms with Crippen molar-refractivity contribution in [3.63, 3.8) is 0 Å². The zero-order chi connectivity index (χ0) is 13.8. The van der Waals surface area contributed by atoms with E-state index >= 15 is 0 Å². The van der Waals surface area contributed by atoms with Crippen LogP contribution in [0.1, 0.15) is 51.1 Å². The molecule has 1 fully saturated rings. The fraction of sp³-hybridized carbons (Fsp3) is 0.625. The average Bonchev–Trinajstić information content (AvgIpc) is 2.39. The highest BCUT2D eigenvalue weighted by Crippen LogP contribution is 2.37. The van der Waals surface area contributed by atoms with E-state index in [1.165, 1.54) is 31.0 Å². The molecule has 1 saturated carbocycles. The first-order chi connectivity index (χ1) is 9.11. The second-order valence-electron chi connectivity index (χ2n) is 5.73. The van der Waals surface area contributed by atoms with Crippen molar-refractivity contribution in [1.82, 2.24) is 5.32 Å². The summed E-state index contributed by atoms with van der Waals surface area (Å²) in [6.45, 7) is 5.03. The van der Waals surface area contributed by atoms with Gasteiger partial charge in [0, 0.05) is 11.6 Å². The highest BCUT2D eigenvalue weighted by Gasteiger charge is 2.29. The van der Waals surface area contributed by atoms with Gasteiger partial charge in [-0.1, -0.05) is 26.7 Å². The van der Waals surface area contributed by atoms with Gasteiger partial charge in [0.15, 0.2) is 0 Å². The normalized spacial score (nSPS) is 25.3. The first kappa shape index (κ1) is 14.4. The lowest BCUT2D eigenvalue weighted by molar-refractivity contribution is 0.222. The van der Waals surface area contributed by atoms with Crippen LogP contribution in [0.4, 0.5) is 8.78 Å². The molecule has 0 radical (unpaired) electrons. The van der Waals surface area contributed by atoms with E-state index in [0.29, 0.717) is 17.4 Å². The van der Waals surface area contributed by atoms with E-state index in [-0.39, 0.29) is 17.7 Å². The Balaban J connectivity index is 2.25. The molecule has 0 saturated heterocycles. The van der Waals surface area contributed by atoms with Crippen LogP contribution in [-0.4, -0.2) is 6.54 Å². The molecule has 1 aromatic carbocycles. The van der Waals surface area contributed by atoms with Crippen molar-refractivity contribution in [2.45, 2.75) is 45.6 Å². The molecule has 19 heavy (non-hydrogen) atoms. The third kappa shape index (κ3) is 3.53. The first-order valence-electron chi connectivity index (χ1n) is 7.30. The topological polar surface area (TPSA) is 12.0 Å². The third-order valence-electron chi connectivity index (χ3n) is 4.17. The van der Waals surface area contributed by atoms with E-state index in [9.17, 15) is 8.78 Å². The summed E-state index contributed by atoms with van der Waals surface area (Å²) < 4.78 is 27.4. The molecule has 0 heterocycles. The van der Waals surface area contributed by atoms with Crippen molar-refractivity contribution < 1.29 is 8.78 Å². The molecule has 1 aromatic rings. The van der Waals surface area contributed by atoms with Crippen molar-refractivity contribution in [3.8, 4) is 0 Å². The fourth-order valence-electron chi connectivity index (χ4n) is 3.29. The van der Waals surface area contributed by atoms with Gasteiger partial charge >= 0.3 is 0 Å². The van der Waals surface area contributed by atoms with E-state index < -0.39 is 0 Å². The van der Waals surface area contributed by atoms with E-state index in [1.807, 2.05) is 6.92 Å². The molecular weight excluding hydrogens is 244 g/mol. The lowest BCUT2D eigenvalue weighted by Gasteiger charge is -2.34. The van der Waals surface area contributed by atoms with Crippen LogP contribution in [0.15, 0.2) is 18.2 Å². The van der Waals surface area contributed by atoms with Gasteiger partial charge in [0.05, 0.1) is 0 Å². The van der Waals surface area contributed by atoms with E-state index in [4.69, 9.17) is 0 Å². The van der Waals surface area contributed by atoms with Crippen LogP contribution in [0, 0.1) is 23.5 Å². The molecule has 0 aromatic heterocycles. The minimum absolute atomic E-state index is 0.0663. The number of rotatable bonds is 4. The summed E-state index contributed by atoms with van der Waals surface area (Å²) in [6, 6.07) is 3.71. The second kappa shape index (κ2) is 6.47. The van der Waals surface area contributed by atoms with Gasteiger partial charge in [0.2, 0.25) is 0 Å². The van der Waals surface area contributed by atoms with Gasteiger partial charge in [0.1, 0.15) is 11.6 Å². The largest absolute Gasteiger partial charge is 0.310 e. The van der Waals surface area contributed by atoms with Gasteiger partial charge in [-0.15, -0.1) is 0 Å². The summed E-state index contributed by atoms with van der Waals surface area (Å²) in [5, 5.41) is 3.35. The number of nitrogens with one attached hydrogen (secondary N) is 1. The van der Waals surface area contributed by atoms with Crippen molar-refractivity contribution in [2.24, 2.45) is 11.8 Å². The van der Waals surface area contributed by atoms with Crippen LogP contribution in [0.5, 0.6) is 0 Å². The van der Waals surface area contributed by atoms with E-state index in [0.717, 1.165) is 19.4 Å². The van der Waals surface area contributed by atoms with Crippen molar-refractivity contribution >= 4 is 0 Å². The summed E-state index contributed by atoms with van der Waals surface area (Å²) in [6.07, 6.45) is 4.62. The highest BCUT2D eigenvalue weighted by molar-refractivity contribution is 5.23. The number of hydrogen-bond donors (Lipinski definition) is 1. The third-order valence-corrected chi connectivity index (χ3v) is 4.17. The molecular formula is C16H23F2N. The lowest BCUT2D eigenvalue weighted by Crippen LogP contribution is -2.32. The maximum atomic E-state index is 14.0. The zero-order valence-corrected chi connectivity index (χ0v) is 11.8. The smallest absolute Gasteiger partial charge is 0.128 e. The van der Waals surface area contributed by atoms with Gasteiger partial charge in [-0.3, -0.25) is 0 Å². The fourth-order valence-corrected chi connectivity index (χ4v) is 3.29. The molecule has 2 rings (SSSR count). The first-order valence-corrected chi connectivity index (χ1v) is 7.30. The molecule has 0 spiro atoms. The Kier molecular flexibility index (Phi) is 4.92. The second-order valence-corrected chi connectivity index (χ2v) is 5.73. The SMILES string of the molecule is CCNC(c1cc(F)ccc1F)C1CCCC(C)C1. The Labute approximate surface area is 114 Å². The molecule has 1 aliphatic rings. The van der Waals surface area contributed by atoms with Crippen LogP contribution >= 0.6 is 0 Å². The van der Waals surface area contributed by atoms with Crippen LogP contribution in [-0.2, 0) is 0 Å². The summed E-state index contributed by atoms with van der Waals surface area (Å²) >= 11 is 0. The Morgan fingerprint density at radius 3 is 2.79 bits per heavy atom. The Bertz CT molecular complexity index is 419. The summed E-state index contributed by atoms with van der Waals surface area (Å²) in [5.74, 6) is 0.422. The molecule has 3 heteroatoms. The summed E-state index contributed by atoms with van der Waals surface area (Å²) in [7, 11) is 0. The van der Waals surface area contributed by atoms with Crippen LogP contribution in [0.3, 0.4) is 0 Å². The van der Waals surface area contributed by atoms with Gasteiger partial charge in [-0.05, 0) is 49.4 Å². The monoisotopic (exact) mass is 267 g/mol. The van der Waals surface area contributed by atoms with Crippen molar-refractivity contribution in [2.75, 3.05) is 6.54 Å². The molecule has 106 valence electrons. The van der Waals surface area contributed by atoms with Crippen LogP contribution < -0.4 is 5.32 Å². The van der Waals surface area contributed by atoms with Gasteiger partial charge < -0.3 is 5.32 Å². The molecule has 0 bridgehead atoms. The maximum Gasteiger partial charge on any atom is 0.128 e. The Hall–Kier alpha value is -0.960. The maximum absolute atomic E-state index is 14.0. The quantitative estimate of drug-likeness (QED) is 0.850. The van der Waals surface area contributed by atoms with Gasteiger partial charge in [-0.2, -0.15) is 0 Å². The molecule has 3 unspecified atom stereocenters. The Morgan fingerprint density at radius 2 is 2.11 bits per heavy atom. The number of halogens is 2. The molecule has 3 atom stereocenters. The van der Waals surface area contributed by atoms with Crippen LogP contribution in [0.25, 0.3) is 0 Å². The number of hydrogen-bond acceptors (Lipinski definition) is 1. The predicted octanol–water partition coefficient (Wildman–Crippen LogP) is 4.44. The molecule has 0 aliphatic heterocycles. The summed E-state index contributed by atoms with van der Waals surface area (Å²) in [5.41, 5.74) is 0.487. The summed E-state index contributed by atoms with van der Waals surface area (Å²) in [4.78, 5) is 0. The van der Waals surface area contributed by atoms with E-state index in [2.05, 4.69) is 12.2 Å². The van der Waals surface area contributed by atoms with Gasteiger partial charge in [0.25, 0.3) is 0 Å². The lowest BCUT2D eigenvalue weighted by atomic mass is 9.76. The van der Waals surface area contributed by atoms with E-state index in [1.54, 1.807) is 0 Å². The molecule has 1 aliphatic carbocycles. The predicted molar refractivity (Wildman–Crippen MR) is 73.9 cm³/mol. The van der Waals surface area contributed by atoms with Crippen molar-refractivity contribution in [1.29, 1.82) is 0 Å². The zero-order valence-electron chi connectivity index (χ0n) is 11.8. The average molecular weight is 267 g/mol. The molecule has 1 nitrogen and oxygen atoms in total.